The summed E-state index contributed by atoms with van der Waals surface area (Å²) in [5.74, 6) is -0.490. The molecule has 42 heavy (non-hydrogen) atoms. The second-order valence-electron chi connectivity index (χ2n) is 8.77. The Bertz CT molecular complexity index is 1820. The van der Waals surface area contributed by atoms with Crippen LogP contribution in [0.1, 0.15) is 36.0 Å². The third kappa shape index (κ3) is 6.60. The molecule has 210 valence electrons. The summed E-state index contributed by atoms with van der Waals surface area (Å²) in [6.45, 7) is 0. The van der Waals surface area contributed by atoms with Crippen LogP contribution in [-0.4, -0.2) is 31.1 Å². The first kappa shape index (κ1) is 28.8. The fourth-order valence-corrected chi connectivity index (χ4v) is 5.56. The van der Waals surface area contributed by atoms with E-state index in [0.29, 0.717) is 43.0 Å². The Labute approximate surface area is 254 Å². The van der Waals surface area contributed by atoms with Gasteiger partial charge in [0.1, 0.15) is 16.4 Å². The highest BCUT2D eigenvalue weighted by Crippen LogP contribution is 2.37. The van der Waals surface area contributed by atoms with E-state index in [9.17, 15) is 14.4 Å². The van der Waals surface area contributed by atoms with Gasteiger partial charge in [-0.1, -0.05) is 41.4 Å². The van der Waals surface area contributed by atoms with Gasteiger partial charge in [0.05, 0.1) is 23.9 Å². The van der Waals surface area contributed by atoms with Crippen molar-refractivity contribution in [1.82, 2.24) is 5.43 Å². The van der Waals surface area contributed by atoms with Crippen LogP contribution < -0.4 is 20.2 Å². The summed E-state index contributed by atoms with van der Waals surface area (Å²) >= 11 is 13.7. The molecule has 0 aliphatic rings. The van der Waals surface area contributed by atoms with Gasteiger partial charge in [-0.15, -0.1) is 11.3 Å². The van der Waals surface area contributed by atoms with Crippen molar-refractivity contribution in [2.75, 3.05) is 12.4 Å². The second kappa shape index (κ2) is 12.9. The lowest BCUT2D eigenvalue weighted by Crippen LogP contribution is -2.18. The monoisotopic (exact) mass is 617 g/mol. The average molecular weight is 618 g/mol. The van der Waals surface area contributed by atoms with Gasteiger partial charge in [0.25, 0.3) is 11.8 Å². The fraction of sp³-hybridized carbons (Fsp3) is 0.0323. The van der Waals surface area contributed by atoms with E-state index >= 15 is 0 Å². The van der Waals surface area contributed by atoms with E-state index in [1.807, 2.05) is 0 Å². The predicted octanol–water partition coefficient (Wildman–Crippen LogP) is 7.45. The SMILES string of the molecule is COc1ccc(C(=O)Oc2ccccc2/C=N\NC(=O)c2ccc(NC(=O)c3sc4cc(Cl)ccc4c3Cl)cc2)cc1. The third-order valence-electron chi connectivity index (χ3n) is 6.02. The quantitative estimate of drug-likeness (QED) is 0.0813. The van der Waals surface area contributed by atoms with E-state index in [0.717, 1.165) is 10.1 Å². The molecule has 0 unspecified atom stereocenters. The summed E-state index contributed by atoms with van der Waals surface area (Å²) in [4.78, 5) is 38.4. The summed E-state index contributed by atoms with van der Waals surface area (Å²) in [6, 6.07) is 24.9. The summed E-state index contributed by atoms with van der Waals surface area (Å²) in [6.07, 6.45) is 1.38. The fourth-order valence-electron chi connectivity index (χ4n) is 3.87. The number of para-hydroxylation sites is 1. The van der Waals surface area contributed by atoms with Crippen molar-refractivity contribution in [3.05, 3.63) is 123 Å². The van der Waals surface area contributed by atoms with E-state index < -0.39 is 11.9 Å². The van der Waals surface area contributed by atoms with Crippen LogP contribution in [0.4, 0.5) is 5.69 Å². The third-order valence-corrected chi connectivity index (χ3v) is 7.91. The number of methoxy groups -OCH3 is 1. The van der Waals surface area contributed by atoms with Gasteiger partial charge in [0.2, 0.25) is 0 Å². The smallest absolute Gasteiger partial charge is 0.343 e. The van der Waals surface area contributed by atoms with Crippen LogP contribution in [0.5, 0.6) is 11.5 Å². The molecule has 0 fully saturated rings. The highest BCUT2D eigenvalue weighted by Gasteiger charge is 2.18. The first-order valence-corrected chi connectivity index (χ1v) is 14.0. The second-order valence-corrected chi connectivity index (χ2v) is 10.6. The van der Waals surface area contributed by atoms with Crippen molar-refractivity contribution in [1.29, 1.82) is 0 Å². The average Bonchev–Trinajstić information content (AvgIpc) is 3.33. The van der Waals surface area contributed by atoms with Crippen LogP contribution in [0.15, 0.2) is 96.1 Å². The van der Waals surface area contributed by atoms with Gasteiger partial charge >= 0.3 is 5.97 Å². The molecule has 1 aromatic heterocycles. The van der Waals surface area contributed by atoms with Crippen LogP contribution in [0, 0.1) is 0 Å². The number of carbonyl (C=O) groups is 3. The van der Waals surface area contributed by atoms with E-state index in [-0.39, 0.29) is 11.7 Å². The van der Waals surface area contributed by atoms with Crippen LogP contribution in [0.2, 0.25) is 10.0 Å². The number of carbonyl (C=O) groups excluding carboxylic acids is 3. The molecule has 2 N–H and O–H groups in total. The molecule has 11 heteroatoms. The molecule has 5 rings (SSSR count). The molecule has 0 bridgehead atoms. The zero-order valence-corrected chi connectivity index (χ0v) is 24.2. The minimum atomic E-state index is -0.547. The number of ether oxygens (including phenoxy) is 2. The lowest BCUT2D eigenvalue weighted by Gasteiger charge is -2.08. The summed E-state index contributed by atoms with van der Waals surface area (Å²) in [5, 5.41) is 8.46. The van der Waals surface area contributed by atoms with Crippen molar-refractivity contribution in [2.45, 2.75) is 0 Å². The highest BCUT2D eigenvalue weighted by atomic mass is 35.5. The molecule has 1 heterocycles. The van der Waals surface area contributed by atoms with E-state index in [4.69, 9.17) is 32.7 Å². The molecular weight excluding hydrogens is 597 g/mol. The molecule has 0 saturated heterocycles. The number of fused-ring (bicyclic) bond motifs is 1. The normalized spacial score (nSPS) is 10.9. The first-order chi connectivity index (χ1) is 20.3. The van der Waals surface area contributed by atoms with E-state index in [1.165, 1.54) is 17.6 Å². The van der Waals surface area contributed by atoms with Gasteiger partial charge in [-0.05, 0) is 72.8 Å². The van der Waals surface area contributed by atoms with Gasteiger partial charge in [-0.2, -0.15) is 5.10 Å². The Morgan fingerprint density at radius 2 is 1.57 bits per heavy atom. The minimum Gasteiger partial charge on any atom is -0.497 e. The molecule has 4 aromatic carbocycles. The Morgan fingerprint density at radius 3 is 2.31 bits per heavy atom. The number of halogens is 2. The molecule has 0 saturated carbocycles. The zero-order valence-electron chi connectivity index (χ0n) is 21.9. The number of hydrazone groups is 1. The van der Waals surface area contributed by atoms with Crippen molar-refractivity contribution in [3.8, 4) is 11.5 Å². The van der Waals surface area contributed by atoms with Crippen LogP contribution in [0.25, 0.3) is 10.1 Å². The van der Waals surface area contributed by atoms with Crippen LogP contribution in [0.3, 0.4) is 0 Å². The number of hydrogen-bond acceptors (Lipinski definition) is 7. The Kier molecular flexibility index (Phi) is 8.83. The van der Waals surface area contributed by atoms with E-state index in [2.05, 4.69) is 15.8 Å². The molecule has 0 aliphatic heterocycles. The van der Waals surface area contributed by atoms with Gasteiger partial charge < -0.3 is 14.8 Å². The molecule has 8 nitrogen and oxygen atoms in total. The van der Waals surface area contributed by atoms with Gasteiger partial charge in [-0.25, -0.2) is 10.2 Å². The zero-order chi connectivity index (χ0) is 29.6. The van der Waals surface area contributed by atoms with Gasteiger partial charge in [0, 0.05) is 31.9 Å². The first-order valence-electron chi connectivity index (χ1n) is 12.4. The number of nitrogens with zero attached hydrogens (tertiary/aromatic N) is 1. The van der Waals surface area contributed by atoms with E-state index in [1.54, 1.807) is 98.1 Å². The van der Waals surface area contributed by atoms with Crippen LogP contribution in [-0.2, 0) is 0 Å². The molecule has 0 atom stereocenters. The maximum absolute atomic E-state index is 12.8. The maximum Gasteiger partial charge on any atom is 0.343 e. The molecular formula is C31H21Cl2N3O5S. The lowest BCUT2D eigenvalue weighted by atomic mass is 10.2. The number of esters is 1. The number of thiophene rings is 1. The summed E-state index contributed by atoms with van der Waals surface area (Å²) in [5.41, 5.74) is 4.09. The van der Waals surface area contributed by atoms with Gasteiger partial charge in [0.15, 0.2) is 0 Å². The number of rotatable bonds is 8. The number of amides is 2. The topological polar surface area (TPSA) is 106 Å². The molecule has 0 spiro atoms. The van der Waals surface area contributed by atoms with Gasteiger partial charge in [-0.3, -0.25) is 9.59 Å². The number of hydrogen-bond donors (Lipinski definition) is 2. The summed E-state index contributed by atoms with van der Waals surface area (Å²) < 4.78 is 11.4. The molecule has 5 aromatic rings. The number of benzene rings is 4. The maximum atomic E-state index is 12.8. The van der Waals surface area contributed by atoms with Crippen LogP contribution >= 0.6 is 34.5 Å². The number of nitrogens with one attached hydrogen (secondary N) is 2. The Balaban J connectivity index is 1.19. The Hall–Kier alpha value is -4.70. The van der Waals surface area contributed by atoms with Crippen molar-refractivity contribution in [2.24, 2.45) is 5.10 Å². The largest absolute Gasteiger partial charge is 0.497 e. The molecule has 2 amide bonds. The summed E-state index contributed by atoms with van der Waals surface area (Å²) in [7, 11) is 1.54. The van der Waals surface area contributed by atoms with Crippen molar-refractivity contribution < 1.29 is 23.9 Å². The lowest BCUT2D eigenvalue weighted by molar-refractivity contribution is 0.0733. The molecule has 0 aliphatic carbocycles. The Morgan fingerprint density at radius 1 is 0.857 bits per heavy atom. The van der Waals surface area contributed by atoms with Crippen molar-refractivity contribution in [3.63, 3.8) is 0 Å². The predicted molar refractivity (Wildman–Crippen MR) is 166 cm³/mol. The standard InChI is InChI=1S/C31H21Cl2N3O5S/c1-40-23-13-8-19(9-14-23)31(39)41-25-5-3-2-4-20(25)17-34-36-29(37)18-6-11-22(12-7-18)35-30(38)28-27(33)24-15-10-21(32)16-26(24)42-28/h2-17H,1H3,(H,35,38)(H,36,37)/b34-17-. The highest BCUT2D eigenvalue weighted by molar-refractivity contribution is 7.21. The molecule has 0 radical (unpaired) electrons. The van der Waals surface area contributed by atoms with Crippen molar-refractivity contribution >= 4 is 74.3 Å². The number of anilines is 1. The minimum absolute atomic E-state index is 0.276.